The van der Waals surface area contributed by atoms with Crippen molar-refractivity contribution >= 4 is 11.7 Å². The Labute approximate surface area is 107 Å². The largest absolute Gasteiger partial charge is 0.347 e. The fourth-order valence-electron chi connectivity index (χ4n) is 1.77. The number of aryl methyl sites for hydroxylation is 1. The minimum Gasteiger partial charge on any atom is -0.347 e. The average Bonchev–Trinajstić information content (AvgIpc) is 3.07. The molecule has 8 heteroatoms. The van der Waals surface area contributed by atoms with E-state index in [2.05, 4.69) is 30.4 Å². The summed E-state index contributed by atoms with van der Waals surface area (Å²) in [6.07, 6.45) is 6.24. The second-order valence-corrected chi connectivity index (χ2v) is 3.95. The van der Waals surface area contributed by atoms with Crippen LogP contribution in [-0.4, -0.2) is 35.5 Å². The summed E-state index contributed by atoms with van der Waals surface area (Å²) in [4.78, 5) is 27.1. The molecule has 0 fully saturated rings. The van der Waals surface area contributed by atoms with Gasteiger partial charge in [-0.2, -0.15) is 10.1 Å². The summed E-state index contributed by atoms with van der Waals surface area (Å²) >= 11 is 0. The van der Waals surface area contributed by atoms with Crippen LogP contribution in [0.1, 0.15) is 21.9 Å². The van der Waals surface area contributed by atoms with Gasteiger partial charge in [0.1, 0.15) is 12.2 Å². The van der Waals surface area contributed by atoms with Crippen molar-refractivity contribution in [2.24, 2.45) is 0 Å². The molecule has 3 rings (SSSR count). The van der Waals surface area contributed by atoms with Gasteiger partial charge in [-0.1, -0.05) is 0 Å². The van der Waals surface area contributed by atoms with Crippen molar-refractivity contribution in [2.45, 2.75) is 13.5 Å². The molecule has 0 aliphatic carbocycles. The molecule has 3 heterocycles. The van der Waals surface area contributed by atoms with Crippen molar-refractivity contribution in [1.82, 2.24) is 34.9 Å². The van der Waals surface area contributed by atoms with Crippen LogP contribution in [0.4, 0.5) is 0 Å². The second kappa shape index (κ2) is 4.48. The van der Waals surface area contributed by atoms with E-state index in [1.54, 1.807) is 19.3 Å². The van der Waals surface area contributed by atoms with Crippen LogP contribution in [0.3, 0.4) is 0 Å². The van der Waals surface area contributed by atoms with Gasteiger partial charge in [-0.05, 0) is 6.92 Å². The van der Waals surface area contributed by atoms with Crippen LogP contribution in [0.25, 0.3) is 5.78 Å². The lowest BCUT2D eigenvalue weighted by atomic mass is 10.2. The Morgan fingerprint density at radius 3 is 3.11 bits per heavy atom. The fourth-order valence-corrected chi connectivity index (χ4v) is 1.77. The molecular weight excluding hydrogens is 246 g/mol. The first-order chi connectivity index (χ1) is 9.25. The van der Waals surface area contributed by atoms with E-state index in [0.717, 1.165) is 0 Å². The molecule has 0 spiro atoms. The fraction of sp³-hybridized carbons (Fsp3) is 0.182. The Morgan fingerprint density at radius 2 is 2.32 bits per heavy atom. The number of H-pyrrole nitrogens is 1. The van der Waals surface area contributed by atoms with Gasteiger partial charge in [0.15, 0.2) is 0 Å². The third-order valence-corrected chi connectivity index (χ3v) is 2.76. The first-order valence-corrected chi connectivity index (χ1v) is 5.67. The highest BCUT2D eigenvalue weighted by Gasteiger charge is 2.13. The minimum atomic E-state index is -0.223. The molecule has 19 heavy (non-hydrogen) atoms. The van der Waals surface area contributed by atoms with Crippen molar-refractivity contribution in [1.29, 1.82) is 0 Å². The summed E-state index contributed by atoms with van der Waals surface area (Å²) in [5, 5.41) is 6.78. The molecule has 0 aliphatic rings. The number of carbonyl (C=O) groups is 1. The molecule has 0 bridgehead atoms. The van der Waals surface area contributed by atoms with Crippen LogP contribution in [0, 0.1) is 6.92 Å². The van der Waals surface area contributed by atoms with Crippen LogP contribution in [-0.2, 0) is 6.54 Å². The molecule has 0 unspecified atom stereocenters. The third kappa shape index (κ3) is 2.03. The van der Waals surface area contributed by atoms with E-state index in [1.165, 1.54) is 17.0 Å². The number of nitrogens with zero attached hydrogens (tertiary/aromatic N) is 5. The number of aromatic nitrogens is 6. The summed E-state index contributed by atoms with van der Waals surface area (Å²) in [5.74, 6) is 0.944. The van der Waals surface area contributed by atoms with Gasteiger partial charge in [-0.3, -0.25) is 4.79 Å². The highest BCUT2D eigenvalue weighted by atomic mass is 16.1. The van der Waals surface area contributed by atoms with Crippen molar-refractivity contribution in [2.75, 3.05) is 0 Å². The zero-order valence-electron chi connectivity index (χ0n) is 10.2. The topological polar surface area (TPSA) is 101 Å². The zero-order valence-corrected chi connectivity index (χ0v) is 10.2. The number of hydrogen-bond acceptors (Lipinski definition) is 5. The predicted octanol–water partition coefficient (Wildman–Crippen LogP) is 0.0858. The van der Waals surface area contributed by atoms with E-state index >= 15 is 0 Å². The first kappa shape index (κ1) is 11.3. The van der Waals surface area contributed by atoms with Gasteiger partial charge in [0, 0.05) is 18.6 Å². The van der Waals surface area contributed by atoms with Crippen LogP contribution >= 0.6 is 0 Å². The number of imidazole rings is 1. The number of carbonyl (C=O) groups excluding carboxylic acids is 1. The number of nitrogens with one attached hydrogen (secondary N) is 2. The summed E-state index contributed by atoms with van der Waals surface area (Å²) in [7, 11) is 0. The SMILES string of the molecule is Cc1c(C(=O)NCc2ncc[nH]2)cnc2ncnn12. The lowest BCUT2D eigenvalue weighted by Crippen LogP contribution is -2.25. The van der Waals surface area contributed by atoms with Crippen LogP contribution in [0.5, 0.6) is 0 Å². The van der Waals surface area contributed by atoms with Gasteiger partial charge in [0.05, 0.1) is 17.8 Å². The number of hydrogen-bond donors (Lipinski definition) is 2. The normalized spacial score (nSPS) is 10.8. The molecule has 1 amide bonds. The summed E-state index contributed by atoms with van der Waals surface area (Å²) < 4.78 is 1.53. The number of rotatable bonds is 3. The monoisotopic (exact) mass is 257 g/mol. The Balaban J connectivity index is 1.83. The first-order valence-electron chi connectivity index (χ1n) is 5.67. The summed E-state index contributed by atoms with van der Waals surface area (Å²) in [6, 6.07) is 0. The van der Waals surface area contributed by atoms with Gasteiger partial charge in [-0.25, -0.2) is 14.5 Å². The molecular formula is C11H11N7O. The van der Waals surface area contributed by atoms with Gasteiger partial charge in [0.25, 0.3) is 11.7 Å². The molecule has 0 atom stereocenters. The maximum atomic E-state index is 12.1. The van der Waals surface area contributed by atoms with Crippen LogP contribution in [0.2, 0.25) is 0 Å². The maximum absolute atomic E-state index is 12.1. The molecule has 0 saturated carbocycles. The molecule has 3 aromatic heterocycles. The van der Waals surface area contributed by atoms with Crippen LogP contribution in [0.15, 0.2) is 24.9 Å². The van der Waals surface area contributed by atoms with Crippen LogP contribution < -0.4 is 5.32 Å². The Morgan fingerprint density at radius 1 is 1.42 bits per heavy atom. The minimum absolute atomic E-state index is 0.223. The van der Waals surface area contributed by atoms with Crippen molar-refractivity contribution in [3.05, 3.63) is 42.0 Å². The molecule has 0 aromatic carbocycles. The Hall–Kier alpha value is -2.77. The molecule has 0 saturated heterocycles. The van der Waals surface area contributed by atoms with Gasteiger partial charge in [-0.15, -0.1) is 0 Å². The highest BCUT2D eigenvalue weighted by molar-refractivity contribution is 5.95. The smallest absolute Gasteiger partial charge is 0.255 e. The standard InChI is InChI=1S/C11H11N7O/c1-7-8(4-15-11-16-6-17-18(7)11)10(19)14-5-9-12-2-3-13-9/h2-4,6H,5H2,1H3,(H,12,13)(H,14,19). The Kier molecular flexibility index (Phi) is 2.67. The van der Waals surface area contributed by atoms with E-state index in [-0.39, 0.29) is 5.91 Å². The van der Waals surface area contributed by atoms with E-state index < -0.39 is 0 Å². The van der Waals surface area contributed by atoms with Gasteiger partial charge < -0.3 is 10.3 Å². The lowest BCUT2D eigenvalue weighted by Gasteiger charge is -2.06. The second-order valence-electron chi connectivity index (χ2n) is 3.95. The average molecular weight is 257 g/mol. The van der Waals surface area contributed by atoms with Gasteiger partial charge >= 0.3 is 0 Å². The molecule has 2 N–H and O–H groups in total. The number of aromatic amines is 1. The van der Waals surface area contributed by atoms with Crippen molar-refractivity contribution in [3.63, 3.8) is 0 Å². The highest BCUT2D eigenvalue weighted by Crippen LogP contribution is 2.07. The third-order valence-electron chi connectivity index (χ3n) is 2.76. The molecule has 8 nitrogen and oxygen atoms in total. The van der Waals surface area contributed by atoms with E-state index in [1.807, 2.05) is 0 Å². The number of amides is 1. The van der Waals surface area contributed by atoms with Crippen molar-refractivity contribution in [3.8, 4) is 0 Å². The predicted molar refractivity (Wildman–Crippen MR) is 65.3 cm³/mol. The van der Waals surface area contributed by atoms with E-state index in [9.17, 15) is 4.79 Å². The van der Waals surface area contributed by atoms with Crippen molar-refractivity contribution < 1.29 is 4.79 Å². The molecule has 0 radical (unpaired) electrons. The number of fused-ring (bicyclic) bond motifs is 1. The lowest BCUT2D eigenvalue weighted by molar-refractivity contribution is 0.0948. The maximum Gasteiger partial charge on any atom is 0.255 e. The summed E-state index contributed by atoms with van der Waals surface area (Å²) in [6.45, 7) is 2.13. The molecule has 3 aromatic rings. The van der Waals surface area contributed by atoms with E-state index in [0.29, 0.717) is 29.4 Å². The summed E-state index contributed by atoms with van der Waals surface area (Å²) in [5.41, 5.74) is 1.16. The molecule has 96 valence electrons. The Bertz CT molecular complexity index is 716. The zero-order chi connectivity index (χ0) is 13.2. The molecule has 0 aliphatic heterocycles. The quantitative estimate of drug-likeness (QED) is 0.692. The van der Waals surface area contributed by atoms with E-state index in [4.69, 9.17) is 0 Å². The van der Waals surface area contributed by atoms with Gasteiger partial charge in [0.2, 0.25) is 0 Å².